The molecule has 70 heavy (non-hydrogen) atoms. The lowest BCUT2D eigenvalue weighted by molar-refractivity contribution is 0.481. The first-order valence-electron chi connectivity index (χ1n) is 22.6. The number of para-hydroxylation sites is 3. The summed E-state index contributed by atoms with van der Waals surface area (Å²) in [6, 6.07) is 67.6. The van der Waals surface area contributed by atoms with E-state index in [1.165, 1.54) is 40.3 Å². The number of aromatic hydroxyl groups is 3. The van der Waals surface area contributed by atoms with Crippen molar-refractivity contribution in [3.05, 3.63) is 209 Å². The minimum atomic E-state index is 0.293. The van der Waals surface area contributed by atoms with Gasteiger partial charge in [0.15, 0.2) is 0 Å². The zero-order valence-electron chi connectivity index (χ0n) is 36.9. The molecule has 0 aliphatic carbocycles. The molecule has 10 aromatic carbocycles. The van der Waals surface area contributed by atoms with Crippen LogP contribution in [0.4, 0.5) is 0 Å². The smallest absolute Gasteiger partial charge is 0.125 e. The molecule has 0 unspecified atom stereocenters. The summed E-state index contributed by atoms with van der Waals surface area (Å²) in [6.45, 7) is 0. The second kappa shape index (κ2) is 16.8. The Labute approximate surface area is 424 Å². The zero-order chi connectivity index (χ0) is 47.2. The Morgan fingerprint density at radius 2 is 0.714 bits per heavy atom. The molecule has 15 rings (SSSR count). The molecule has 0 atom stereocenters. The molecule has 0 amide bonds. The molecule has 5 aromatic heterocycles. The van der Waals surface area contributed by atoms with Crippen LogP contribution in [0.1, 0.15) is 0 Å². The van der Waals surface area contributed by atoms with Crippen molar-refractivity contribution in [2.24, 2.45) is 0 Å². The zero-order valence-corrected chi connectivity index (χ0v) is 41.7. The highest BCUT2D eigenvalue weighted by atomic mass is 79.9. The van der Waals surface area contributed by atoms with Crippen LogP contribution >= 0.6 is 54.5 Å². The first-order valence-corrected chi connectivity index (χ1v) is 25.8. The van der Waals surface area contributed by atoms with Gasteiger partial charge in [-0.25, -0.2) is 0 Å². The number of aromatic nitrogens is 3. The van der Waals surface area contributed by atoms with Crippen molar-refractivity contribution in [1.29, 1.82) is 0 Å². The molecule has 336 valence electrons. The molecule has 4 N–H and O–H groups in total. The minimum Gasteiger partial charge on any atom is -0.507 e. The molecule has 0 saturated carbocycles. The number of hydrogen-bond acceptors (Lipinski definition) is 5. The van der Waals surface area contributed by atoms with Crippen LogP contribution in [0.25, 0.3) is 117 Å². The van der Waals surface area contributed by atoms with Gasteiger partial charge < -0.3 is 29.4 Å². The molecule has 6 nitrogen and oxygen atoms in total. The average molecular weight is 1070 g/mol. The second-order valence-electron chi connectivity index (χ2n) is 17.3. The summed E-state index contributed by atoms with van der Waals surface area (Å²) in [5.74, 6) is 0.919. The van der Waals surface area contributed by atoms with Gasteiger partial charge >= 0.3 is 0 Å². The standard InChI is InChI=1S/C36H22N2O2S.C12H6Br2S.C12H9NO/c39-31-13-5-11-29-35(31)23-7-1-3-9-27(23)37(29)21-15-17-33-25(19-21)26-20-22(16-18-34(26)41-33)38-28-10-4-2-8-24(28)36-30(38)12-6-14-32(36)40;13-7-1-3-11-9(5-7)10-6-8(14)2-4-12(10)15-11;14-11-7-3-6-10-12(11)8-4-1-2-5-9(8)13-10/h1-20,39-40H;1-6H;1-7,13-14H. The third kappa shape index (κ3) is 6.93. The van der Waals surface area contributed by atoms with E-state index in [1.54, 1.807) is 29.5 Å². The summed E-state index contributed by atoms with van der Waals surface area (Å²) in [5, 5.41) is 42.1. The first kappa shape index (κ1) is 42.5. The first-order chi connectivity index (χ1) is 34.3. The Hall–Kier alpha value is -7.60. The van der Waals surface area contributed by atoms with Gasteiger partial charge in [0.1, 0.15) is 17.2 Å². The summed E-state index contributed by atoms with van der Waals surface area (Å²) in [5.41, 5.74) is 8.24. The van der Waals surface area contributed by atoms with Gasteiger partial charge in [0.2, 0.25) is 0 Å². The van der Waals surface area contributed by atoms with Crippen LogP contribution in [0.3, 0.4) is 0 Å². The van der Waals surface area contributed by atoms with Crippen molar-refractivity contribution in [2.45, 2.75) is 0 Å². The van der Waals surface area contributed by atoms with Crippen LogP contribution in [-0.2, 0) is 0 Å². The molecular formula is C60H37Br2N3O3S2. The molecule has 5 heterocycles. The van der Waals surface area contributed by atoms with Crippen molar-refractivity contribution in [3.63, 3.8) is 0 Å². The summed E-state index contributed by atoms with van der Waals surface area (Å²) in [7, 11) is 0. The maximum atomic E-state index is 10.8. The highest BCUT2D eigenvalue weighted by Crippen LogP contribution is 2.43. The molecule has 0 radical (unpaired) electrons. The largest absolute Gasteiger partial charge is 0.507 e. The van der Waals surface area contributed by atoms with Crippen molar-refractivity contribution in [1.82, 2.24) is 14.1 Å². The molecule has 15 aromatic rings. The van der Waals surface area contributed by atoms with E-state index in [9.17, 15) is 15.3 Å². The third-order valence-electron chi connectivity index (χ3n) is 13.2. The maximum absolute atomic E-state index is 10.8. The van der Waals surface area contributed by atoms with Crippen LogP contribution in [0.15, 0.2) is 209 Å². The van der Waals surface area contributed by atoms with E-state index in [1.807, 2.05) is 84.1 Å². The van der Waals surface area contributed by atoms with Crippen molar-refractivity contribution in [2.75, 3.05) is 0 Å². The number of thiophene rings is 2. The van der Waals surface area contributed by atoms with Gasteiger partial charge in [0.25, 0.3) is 0 Å². The van der Waals surface area contributed by atoms with Crippen LogP contribution in [0.2, 0.25) is 0 Å². The maximum Gasteiger partial charge on any atom is 0.125 e. The number of nitrogens with one attached hydrogen (secondary N) is 1. The van der Waals surface area contributed by atoms with E-state index in [2.05, 4.69) is 155 Å². The highest BCUT2D eigenvalue weighted by molar-refractivity contribution is 9.10. The van der Waals surface area contributed by atoms with Gasteiger partial charge in [-0.3, -0.25) is 0 Å². The quantitative estimate of drug-likeness (QED) is 0.139. The molecule has 10 heteroatoms. The van der Waals surface area contributed by atoms with E-state index in [0.29, 0.717) is 17.2 Å². The van der Waals surface area contributed by atoms with Gasteiger partial charge in [0, 0.05) is 98.5 Å². The van der Waals surface area contributed by atoms with Crippen LogP contribution in [-0.4, -0.2) is 29.4 Å². The number of phenolic OH excluding ortho intramolecular Hbond substituents is 3. The SMILES string of the molecule is Brc1ccc2sc3ccc(Br)cc3c2c1.Oc1cccc2[nH]c3ccccc3c12.Oc1cccc2c1c1ccccc1n2-c1ccc2sc3ccc(-n4c5ccccc5c5c(O)cccc54)cc3c2c1. The summed E-state index contributed by atoms with van der Waals surface area (Å²) < 4.78 is 11.9. The Balaban J connectivity index is 0.000000134. The van der Waals surface area contributed by atoms with Crippen molar-refractivity contribution >= 4 is 160 Å². The Bertz CT molecular complexity index is 4350. The normalized spacial score (nSPS) is 11.7. The fourth-order valence-corrected chi connectivity index (χ4v) is 13.0. The van der Waals surface area contributed by atoms with E-state index in [0.717, 1.165) is 85.7 Å². The lowest BCUT2D eigenvalue weighted by Crippen LogP contribution is -1.94. The van der Waals surface area contributed by atoms with Gasteiger partial charge in [0.05, 0.1) is 27.6 Å². The van der Waals surface area contributed by atoms with E-state index >= 15 is 0 Å². The summed E-state index contributed by atoms with van der Waals surface area (Å²) in [6.07, 6.45) is 0. The van der Waals surface area contributed by atoms with Gasteiger partial charge in [-0.15, -0.1) is 22.7 Å². The number of fused-ring (bicyclic) bond motifs is 15. The van der Waals surface area contributed by atoms with Crippen LogP contribution < -0.4 is 0 Å². The Kier molecular flexibility index (Phi) is 10.2. The third-order valence-corrected chi connectivity index (χ3v) is 16.5. The fourth-order valence-electron chi connectivity index (χ4n) is 10.2. The predicted molar refractivity (Wildman–Crippen MR) is 304 cm³/mol. The molecule has 0 aliphatic heterocycles. The second-order valence-corrected chi connectivity index (χ2v) is 21.3. The predicted octanol–water partition coefficient (Wildman–Crippen LogP) is 18.3. The van der Waals surface area contributed by atoms with Gasteiger partial charge in [-0.1, -0.05) is 105 Å². The number of rotatable bonds is 2. The molecule has 0 bridgehead atoms. The summed E-state index contributed by atoms with van der Waals surface area (Å²) >= 11 is 10.7. The number of H-pyrrole nitrogens is 1. The Morgan fingerprint density at radius 3 is 1.23 bits per heavy atom. The molecular weight excluding hydrogens is 1030 g/mol. The molecule has 0 fully saturated rings. The molecule has 0 aliphatic rings. The van der Waals surface area contributed by atoms with E-state index in [-0.39, 0.29) is 0 Å². The fraction of sp³-hybridized carbons (Fsp3) is 0. The number of halogens is 2. The van der Waals surface area contributed by atoms with E-state index in [4.69, 9.17) is 0 Å². The minimum absolute atomic E-state index is 0.293. The number of benzene rings is 10. The van der Waals surface area contributed by atoms with Crippen LogP contribution in [0.5, 0.6) is 17.2 Å². The number of phenols is 3. The van der Waals surface area contributed by atoms with Crippen molar-refractivity contribution in [3.8, 4) is 28.6 Å². The topological polar surface area (TPSA) is 86.3 Å². The van der Waals surface area contributed by atoms with Gasteiger partial charge in [-0.05, 0) is 127 Å². The number of nitrogens with zero attached hydrogens (tertiary/aromatic N) is 2. The van der Waals surface area contributed by atoms with Gasteiger partial charge in [-0.2, -0.15) is 0 Å². The highest BCUT2D eigenvalue weighted by Gasteiger charge is 2.18. The molecule has 0 spiro atoms. The lowest BCUT2D eigenvalue weighted by atomic mass is 10.1. The van der Waals surface area contributed by atoms with Crippen LogP contribution in [0, 0.1) is 0 Å². The average Bonchev–Trinajstić information content (AvgIpc) is 4.19. The monoisotopic (exact) mass is 1070 g/mol. The van der Waals surface area contributed by atoms with E-state index < -0.39 is 0 Å². The number of hydrogen-bond donors (Lipinski definition) is 4. The summed E-state index contributed by atoms with van der Waals surface area (Å²) in [4.78, 5) is 3.26. The Morgan fingerprint density at radius 1 is 0.329 bits per heavy atom. The molecule has 0 saturated heterocycles. The number of aromatic amines is 1. The lowest BCUT2D eigenvalue weighted by Gasteiger charge is -2.10. The van der Waals surface area contributed by atoms with Crippen molar-refractivity contribution < 1.29 is 15.3 Å².